The van der Waals surface area contributed by atoms with Crippen molar-refractivity contribution in [2.75, 3.05) is 13.1 Å². The molecule has 1 aromatic carbocycles. The molecule has 2 aromatic rings. The molecule has 1 saturated heterocycles. The third kappa shape index (κ3) is 2.45. The van der Waals surface area contributed by atoms with E-state index in [1.165, 1.54) is 6.33 Å². The van der Waals surface area contributed by atoms with Crippen molar-refractivity contribution in [3.05, 3.63) is 36.2 Å². The van der Waals surface area contributed by atoms with Crippen molar-refractivity contribution < 1.29 is 14.7 Å². The molecule has 1 atom stereocenters. The van der Waals surface area contributed by atoms with E-state index in [1.807, 2.05) is 0 Å². The topological polar surface area (TPSA) is 99.2 Å². The summed E-state index contributed by atoms with van der Waals surface area (Å²) in [5.74, 6) is -0.365. The summed E-state index contributed by atoms with van der Waals surface area (Å²) in [5, 5.41) is 15.8. The zero-order valence-corrected chi connectivity index (χ0v) is 12.1. The number of amides is 1. The van der Waals surface area contributed by atoms with Crippen molar-refractivity contribution in [2.24, 2.45) is 5.41 Å². The average Bonchev–Trinajstić information content (AvgIpc) is 3.17. The third-order valence-corrected chi connectivity index (χ3v) is 4.10. The fourth-order valence-electron chi connectivity index (χ4n) is 2.61. The Morgan fingerprint density at radius 3 is 2.59 bits per heavy atom. The first kappa shape index (κ1) is 14.2. The van der Waals surface area contributed by atoms with Gasteiger partial charge in [-0.1, -0.05) is 12.1 Å². The van der Waals surface area contributed by atoms with Crippen molar-refractivity contribution in [3.63, 3.8) is 0 Å². The molecule has 0 spiro atoms. The van der Waals surface area contributed by atoms with E-state index in [-0.39, 0.29) is 12.5 Å². The monoisotopic (exact) mass is 300 g/mol. The fourth-order valence-corrected chi connectivity index (χ4v) is 2.61. The lowest BCUT2D eigenvalue weighted by molar-refractivity contribution is -0.147. The number of hydrogen-bond donors (Lipinski definition) is 2. The van der Waals surface area contributed by atoms with Crippen LogP contribution in [0.5, 0.6) is 0 Å². The Kier molecular flexibility index (Phi) is 3.40. The summed E-state index contributed by atoms with van der Waals surface area (Å²) in [5.41, 5.74) is 0.527. The van der Waals surface area contributed by atoms with Gasteiger partial charge in [0, 0.05) is 24.2 Å². The van der Waals surface area contributed by atoms with Crippen LogP contribution in [0.15, 0.2) is 30.6 Å². The summed E-state index contributed by atoms with van der Waals surface area (Å²) in [4.78, 5) is 29.3. The summed E-state index contributed by atoms with van der Waals surface area (Å²) < 4.78 is 0. The number of carboxylic acid groups (broad SMARTS) is 1. The standard InChI is InChI=1S/C15H16N4O3/c1-15(14(21)22)6-7-19(8-15)13(20)11-4-2-10(3-5-11)12-16-9-17-18-12/h2-5,9H,6-8H2,1H3,(H,21,22)(H,16,17,18). The van der Waals surface area contributed by atoms with Gasteiger partial charge >= 0.3 is 5.97 Å². The van der Waals surface area contributed by atoms with Crippen LogP contribution in [-0.2, 0) is 4.79 Å². The van der Waals surface area contributed by atoms with Gasteiger partial charge in [0.15, 0.2) is 5.82 Å². The first-order valence-electron chi connectivity index (χ1n) is 6.98. The van der Waals surface area contributed by atoms with Crippen LogP contribution in [0.1, 0.15) is 23.7 Å². The first-order valence-corrected chi connectivity index (χ1v) is 6.98. The van der Waals surface area contributed by atoms with E-state index in [4.69, 9.17) is 0 Å². The highest BCUT2D eigenvalue weighted by atomic mass is 16.4. The van der Waals surface area contributed by atoms with Crippen LogP contribution in [0.2, 0.25) is 0 Å². The van der Waals surface area contributed by atoms with Gasteiger partial charge < -0.3 is 10.0 Å². The number of likely N-dealkylation sites (tertiary alicyclic amines) is 1. The molecule has 1 fully saturated rings. The van der Waals surface area contributed by atoms with Crippen molar-refractivity contribution in [2.45, 2.75) is 13.3 Å². The zero-order chi connectivity index (χ0) is 15.7. The Morgan fingerprint density at radius 2 is 2.05 bits per heavy atom. The number of carbonyl (C=O) groups is 2. The molecule has 0 saturated carbocycles. The second kappa shape index (κ2) is 5.25. The van der Waals surface area contributed by atoms with Gasteiger partial charge in [-0.25, -0.2) is 4.98 Å². The number of carboxylic acids is 1. The van der Waals surface area contributed by atoms with Gasteiger partial charge in [-0.15, -0.1) is 0 Å². The first-order chi connectivity index (χ1) is 10.5. The molecule has 1 aliphatic heterocycles. The largest absolute Gasteiger partial charge is 0.481 e. The second-order valence-corrected chi connectivity index (χ2v) is 5.75. The molecule has 1 aromatic heterocycles. The lowest BCUT2D eigenvalue weighted by Crippen LogP contribution is -2.34. The van der Waals surface area contributed by atoms with E-state index < -0.39 is 11.4 Å². The number of aromatic nitrogens is 3. The molecule has 0 radical (unpaired) electrons. The molecule has 7 nitrogen and oxygen atoms in total. The molecule has 114 valence electrons. The maximum Gasteiger partial charge on any atom is 0.311 e. The van der Waals surface area contributed by atoms with Gasteiger partial charge in [0.2, 0.25) is 0 Å². The summed E-state index contributed by atoms with van der Waals surface area (Å²) >= 11 is 0. The Labute approximate surface area is 127 Å². The number of aromatic amines is 1. The summed E-state index contributed by atoms with van der Waals surface area (Å²) in [6.45, 7) is 2.38. The number of aliphatic carboxylic acids is 1. The third-order valence-electron chi connectivity index (χ3n) is 4.10. The molecule has 0 aliphatic carbocycles. The zero-order valence-electron chi connectivity index (χ0n) is 12.1. The van der Waals surface area contributed by atoms with E-state index in [2.05, 4.69) is 15.2 Å². The lowest BCUT2D eigenvalue weighted by Gasteiger charge is -2.20. The van der Waals surface area contributed by atoms with Gasteiger partial charge in [0.05, 0.1) is 5.41 Å². The molecule has 2 N–H and O–H groups in total. The van der Waals surface area contributed by atoms with E-state index in [0.29, 0.717) is 24.4 Å². The van der Waals surface area contributed by atoms with Gasteiger partial charge in [-0.05, 0) is 25.5 Å². The Hall–Kier alpha value is -2.70. The van der Waals surface area contributed by atoms with Gasteiger partial charge in [0.1, 0.15) is 6.33 Å². The van der Waals surface area contributed by atoms with Crippen LogP contribution in [-0.4, -0.2) is 50.2 Å². The van der Waals surface area contributed by atoms with Crippen LogP contribution >= 0.6 is 0 Å². The predicted octanol–water partition coefficient (Wildman–Crippen LogP) is 1.41. The molecule has 0 bridgehead atoms. The van der Waals surface area contributed by atoms with E-state index in [1.54, 1.807) is 36.1 Å². The maximum absolute atomic E-state index is 12.5. The van der Waals surface area contributed by atoms with Crippen LogP contribution < -0.4 is 0 Å². The van der Waals surface area contributed by atoms with Gasteiger partial charge in [0.25, 0.3) is 5.91 Å². The molecule has 3 rings (SSSR count). The number of nitrogens with one attached hydrogen (secondary N) is 1. The molecule has 1 unspecified atom stereocenters. The highest BCUT2D eigenvalue weighted by Crippen LogP contribution is 2.31. The molecular formula is C15H16N4O3. The Balaban J connectivity index is 1.75. The highest BCUT2D eigenvalue weighted by molar-refractivity contribution is 5.95. The molecule has 7 heteroatoms. The molecule has 2 heterocycles. The minimum atomic E-state index is -0.858. The second-order valence-electron chi connectivity index (χ2n) is 5.75. The number of benzene rings is 1. The highest BCUT2D eigenvalue weighted by Gasteiger charge is 2.42. The number of carbonyl (C=O) groups excluding carboxylic acids is 1. The van der Waals surface area contributed by atoms with Crippen LogP contribution in [0.25, 0.3) is 11.4 Å². The molecular weight excluding hydrogens is 284 g/mol. The molecule has 1 aliphatic rings. The minimum absolute atomic E-state index is 0.144. The smallest absolute Gasteiger partial charge is 0.311 e. The van der Waals surface area contributed by atoms with Crippen LogP contribution in [0, 0.1) is 5.41 Å². The van der Waals surface area contributed by atoms with Crippen molar-refractivity contribution in [1.82, 2.24) is 20.1 Å². The normalized spacial score (nSPS) is 21.0. The number of hydrogen-bond acceptors (Lipinski definition) is 4. The summed E-state index contributed by atoms with van der Waals surface area (Å²) in [7, 11) is 0. The van der Waals surface area contributed by atoms with Crippen molar-refractivity contribution >= 4 is 11.9 Å². The average molecular weight is 300 g/mol. The van der Waals surface area contributed by atoms with E-state index in [0.717, 1.165) is 5.56 Å². The SMILES string of the molecule is CC1(C(=O)O)CCN(C(=O)c2ccc(-c3ncn[nH]3)cc2)C1. The van der Waals surface area contributed by atoms with Gasteiger partial charge in [-0.3, -0.25) is 14.7 Å². The quantitative estimate of drug-likeness (QED) is 0.892. The molecule has 22 heavy (non-hydrogen) atoms. The Morgan fingerprint density at radius 1 is 1.32 bits per heavy atom. The van der Waals surface area contributed by atoms with Gasteiger partial charge in [-0.2, -0.15) is 5.10 Å². The van der Waals surface area contributed by atoms with Crippen LogP contribution in [0.3, 0.4) is 0 Å². The van der Waals surface area contributed by atoms with E-state index in [9.17, 15) is 14.7 Å². The summed E-state index contributed by atoms with van der Waals surface area (Å²) in [6.07, 6.45) is 1.90. The fraction of sp³-hybridized carbons (Fsp3) is 0.333. The van der Waals surface area contributed by atoms with Crippen molar-refractivity contribution in [3.8, 4) is 11.4 Å². The minimum Gasteiger partial charge on any atom is -0.481 e. The number of nitrogens with zero attached hydrogens (tertiary/aromatic N) is 3. The summed E-state index contributed by atoms with van der Waals surface area (Å²) in [6, 6.07) is 7.02. The Bertz CT molecular complexity index is 696. The number of H-pyrrole nitrogens is 1. The number of rotatable bonds is 3. The lowest BCUT2D eigenvalue weighted by atomic mass is 9.90. The predicted molar refractivity (Wildman–Crippen MR) is 78.1 cm³/mol. The van der Waals surface area contributed by atoms with Crippen molar-refractivity contribution in [1.29, 1.82) is 0 Å². The van der Waals surface area contributed by atoms with Crippen LogP contribution in [0.4, 0.5) is 0 Å². The maximum atomic E-state index is 12.5. The van der Waals surface area contributed by atoms with E-state index >= 15 is 0 Å². The molecule has 1 amide bonds.